The summed E-state index contributed by atoms with van der Waals surface area (Å²) in [6.45, 7) is 6.91. The first-order valence-electron chi connectivity index (χ1n) is 10.4. The Kier molecular flexibility index (Phi) is 5.68. The third kappa shape index (κ3) is 4.07. The number of piperidine rings is 1. The number of nitrogens with zero attached hydrogens (tertiary/aromatic N) is 4. The number of likely N-dealkylation sites (tertiary alicyclic amines) is 2. The Balaban J connectivity index is 1.32. The number of ether oxygens (including phenoxy) is 1. The van der Waals surface area contributed by atoms with Crippen molar-refractivity contribution in [1.29, 1.82) is 5.26 Å². The fraction of sp³-hybridized carbons (Fsp3) is 0.636. The number of likely N-dealkylation sites (N-methyl/N-ethyl adjacent to an activating group) is 1. The lowest BCUT2D eigenvalue weighted by molar-refractivity contribution is -0.139. The molecular weight excluding hydrogens is 352 g/mol. The summed E-state index contributed by atoms with van der Waals surface area (Å²) in [6, 6.07) is 10.1. The molecule has 3 aliphatic rings. The summed E-state index contributed by atoms with van der Waals surface area (Å²) in [5.41, 5.74) is 2.26. The highest BCUT2D eigenvalue weighted by Gasteiger charge is 2.47. The number of nitriles is 1. The van der Waals surface area contributed by atoms with Crippen LogP contribution in [0.25, 0.3) is 0 Å². The summed E-state index contributed by atoms with van der Waals surface area (Å²) in [6.07, 6.45) is 3.30. The fourth-order valence-corrected chi connectivity index (χ4v) is 5.03. The van der Waals surface area contributed by atoms with Crippen molar-refractivity contribution in [3.8, 4) is 6.07 Å². The van der Waals surface area contributed by atoms with Gasteiger partial charge in [-0.1, -0.05) is 12.1 Å². The number of amides is 1. The molecule has 6 heteroatoms. The van der Waals surface area contributed by atoms with Crippen molar-refractivity contribution < 1.29 is 9.53 Å². The molecule has 1 amide bonds. The van der Waals surface area contributed by atoms with E-state index in [9.17, 15) is 4.79 Å². The third-order valence-electron chi connectivity index (χ3n) is 6.76. The number of carbonyl (C=O) groups excluding carboxylic acids is 1. The topological polar surface area (TPSA) is 59.8 Å². The van der Waals surface area contributed by atoms with Crippen LogP contribution in [-0.4, -0.2) is 79.6 Å². The number of morpholine rings is 1. The normalized spacial score (nSPS) is 25.7. The van der Waals surface area contributed by atoms with Crippen LogP contribution in [0.2, 0.25) is 0 Å². The standard InChI is InChI=1S/C22H30N4O2/c1-24-17-22(14-20(24)21(27)26-10-12-28-13-11-26)6-8-25(9-7-22)16-19-4-2-18(15-23)3-5-19/h2-5,20H,6-14,16-17H2,1H3. The first kappa shape index (κ1) is 19.4. The van der Waals surface area contributed by atoms with E-state index in [0.29, 0.717) is 24.7 Å². The van der Waals surface area contributed by atoms with Gasteiger partial charge in [0.25, 0.3) is 0 Å². The lowest BCUT2D eigenvalue weighted by Crippen LogP contribution is -2.48. The molecular formula is C22H30N4O2. The van der Waals surface area contributed by atoms with Crippen molar-refractivity contribution >= 4 is 5.91 Å². The molecule has 1 unspecified atom stereocenters. The monoisotopic (exact) mass is 382 g/mol. The van der Waals surface area contributed by atoms with Crippen molar-refractivity contribution in [2.24, 2.45) is 5.41 Å². The first-order chi connectivity index (χ1) is 13.6. The molecule has 0 aromatic heterocycles. The van der Waals surface area contributed by atoms with E-state index in [1.165, 1.54) is 5.56 Å². The zero-order valence-corrected chi connectivity index (χ0v) is 16.8. The Morgan fingerprint density at radius 2 is 1.86 bits per heavy atom. The van der Waals surface area contributed by atoms with Crippen LogP contribution >= 0.6 is 0 Å². The maximum absolute atomic E-state index is 13.0. The van der Waals surface area contributed by atoms with Gasteiger partial charge in [0.05, 0.1) is 30.9 Å². The Morgan fingerprint density at radius 3 is 2.50 bits per heavy atom. The minimum absolute atomic E-state index is 0.0307. The van der Waals surface area contributed by atoms with E-state index in [2.05, 4.69) is 35.0 Å². The van der Waals surface area contributed by atoms with Gasteiger partial charge in [0.15, 0.2) is 0 Å². The highest BCUT2D eigenvalue weighted by Crippen LogP contribution is 2.43. The Hall–Kier alpha value is -1.94. The molecule has 1 aromatic rings. The zero-order chi connectivity index (χ0) is 19.6. The Morgan fingerprint density at radius 1 is 1.18 bits per heavy atom. The van der Waals surface area contributed by atoms with Crippen molar-refractivity contribution in [2.75, 3.05) is 53.0 Å². The van der Waals surface area contributed by atoms with Gasteiger partial charge >= 0.3 is 0 Å². The number of carbonyl (C=O) groups is 1. The lowest BCUT2D eigenvalue weighted by Gasteiger charge is -2.39. The summed E-state index contributed by atoms with van der Waals surface area (Å²) in [4.78, 5) is 19.8. The molecule has 3 heterocycles. The Bertz CT molecular complexity index is 728. The Labute approximate surface area is 167 Å². The quantitative estimate of drug-likeness (QED) is 0.796. The van der Waals surface area contributed by atoms with Crippen molar-refractivity contribution in [1.82, 2.24) is 14.7 Å². The second-order valence-electron chi connectivity index (χ2n) is 8.66. The third-order valence-corrected chi connectivity index (χ3v) is 6.76. The van der Waals surface area contributed by atoms with Gasteiger partial charge in [-0.05, 0) is 62.5 Å². The van der Waals surface area contributed by atoms with Crippen molar-refractivity contribution in [2.45, 2.75) is 31.8 Å². The summed E-state index contributed by atoms with van der Waals surface area (Å²) in [7, 11) is 2.11. The minimum atomic E-state index is 0.0307. The summed E-state index contributed by atoms with van der Waals surface area (Å²) < 4.78 is 5.39. The van der Waals surface area contributed by atoms with Crippen LogP contribution in [0.3, 0.4) is 0 Å². The van der Waals surface area contributed by atoms with Gasteiger partial charge in [-0.25, -0.2) is 0 Å². The summed E-state index contributed by atoms with van der Waals surface area (Å²) in [5, 5.41) is 8.94. The van der Waals surface area contributed by atoms with Gasteiger partial charge in [-0.3, -0.25) is 14.6 Å². The molecule has 0 aliphatic carbocycles. The highest BCUT2D eigenvalue weighted by atomic mass is 16.5. The first-order valence-corrected chi connectivity index (χ1v) is 10.4. The van der Waals surface area contributed by atoms with Gasteiger partial charge in [0, 0.05) is 26.2 Å². The van der Waals surface area contributed by atoms with Crippen LogP contribution < -0.4 is 0 Å². The smallest absolute Gasteiger partial charge is 0.240 e. The number of benzene rings is 1. The van der Waals surface area contributed by atoms with Gasteiger partial charge in [0.1, 0.15) is 0 Å². The summed E-state index contributed by atoms with van der Waals surface area (Å²) in [5.74, 6) is 0.294. The van der Waals surface area contributed by atoms with Crippen LogP contribution in [0.1, 0.15) is 30.4 Å². The molecule has 150 valence electrons. The minimum Gasteiger partial charge on any atom is -0.378 e. The average molecular weight is 383 g/mol. The van der Waals surface area contributed by atoms with E-state index in [0.717, 1.165) is 58.5 Å². The number of hydrogen-bond acceptors (Lipinski definition) is 5. The second kappa shape index (κ2) is 8.20. The second-order valence-corrected chi connectivity index (χ2v) is 8.66. The van der Waals surface area contributed by atoms with Gasteiger partial charge in [0.2, 0.25) is 5.91 Å². The van der Waals surface area contributed by atoms with E-state index >= 15 is 0 Å². The van der Waals surface area contributed by atoms with Gasteiger partial charge < -0.3 is 9.64 Å². The van der Waals surface area contributed by atoms with Crippen molar-refractivity contribution in [3.05, 3.63) is 35.4 Å². The van der Waals surface area contributed by atoms with Crippen LogP contribution in [0.15, 0.2) is 24.3 Å². The molecule has 1 aromatic carbocycles. The van der Waals surface area contributed by atoms with E-state index < -0.39 is 0 Å². The molecule has 0 saturated carbocycles. The van der Waals surface area contributed by atoms with Crippen LogP contribution in [-0.2, 0) is 16.1 Å². The largest absolute Gasteiger partial charge is 0.378 e. The molecule has 28 heavy (non-hydrogen) atoms. The number of rotatable bonds is 3. The predicted octanol–water partition coefficient (Wildman–Crippen LogP) is 1.70. The van der Waals surface area contributed by atoms with Gasteiger partial charge in [-0.2, -0.15) is 5.26 Å². The fourth-order valence-electron chi connectivity index (χ4n) is 5.03. The maximum atomic E-state index is 13.0. The van der Waals surface area contributed by atoms with E-state index in [1.54, 1.807) is 0 Å². The van der Waals surface area contributed by atoms with E-state index in [4.69, 9.17) is 10.00 Å². The molecule has 0 radical (unpaired) electrons. The number of hydrogen-bond donors (Lipinski definition) is 0. The zero-order valence-electron chi connectivity index (χ0n) is 16.8. The van der Waals surface area contributed by atoms with Crippen molar-refractivity contribution in [3.63, 3.8) is 0 Å². The molecule has 6 nitrogen and oxygen atoms in total. The molecule has 0 N–H and O–H groups in total. The molecule has 3 aliphatic heterocycles. The predicted molar refractivity (Wildman–Crippen MR) is 107 cm³/mol. The van der Waals surface area contributed by atoms with Gasteiger partial charge in [-0.15, -0.1) is 0 Å². The van der Waals surface area contributed by atoms with E-state index in [-0.39, 0.29) is 11.5 Å². The SMILES string of the molecule is CN1CC2(CCN(Cc3ccc(C#N)cc3)CC2)CC1C(=O)N1CCOCC1. The summed E-state index contributed by atoms with van der Waals surface area (Å²) >= 11 is 0. The van der Waals surface area contributed by atoms with E-state index in [1.807, 2.05) is 17.0 Å². The maximum Gasteiger partial charge on any atom is 0.240 e. The molecule has 4 rings (SSSR count). The molecule has 1 atom stereocenters. The molecule has 3 fully saturated rings. The average Bonchev–Trinajstić information content (AvgIpc) is 3.06. The lowest BCUT2D eigenvalue weighted by atomic mass is 9.76. The highest BCUT2D eigenvalue weighted by molar-refractivity contribution is 5.82. The molecule has 3 saturated heterocycles. The van der Waals surface area contributed by atoms with Crippen LogP contribution in [0.5, 0.6) is 0 Å². The molecule has 1 spiro atoms. The van der Waals surface area contributed by atoms with Crippen LogP contribution in [0, 0.1) is 16.7 Å². The van der Waals surface area contributed by atoms with Crippen LogP contribution in [0.4, 0.5) is 0 Å². The molecule has 0 bridgehead atoms.